The lowest BCUT2D eigenvalue weighted by molar-refractivity contribution is -0.0474. The summed E-state index contributed by atoms with van der Waals surface area (Å²) >= 11 is 6.03. The van der Waals surface area contributed by atoms with Crippen molar-refractivity contribution in [3.05, 3.63) is 46.7 Å². The molecule has 1 saturated heterocycles. The first kappa shape index (κ1) is 23.6. The first-order valence-corrected chi connectivity index (χ1v) is 11.2. The summed E-state index contributed by atoms with van der Waals surface area (Å²) in [6, 6.07) is 8.33. The molecule has 0 unspecified atom stereocenters. The molecule has 1 N–H and O–H groups in total. The van der Waals surface area contributed by atoms with Crippen LogP contribution in [0.3, 0.4) is 0 Å². The zero-order chi connectivity index (χ0) is 23.4. The lowest BCUT2D eigenvalue weighted by atomic mass is 10.1. The average molecular weight is 478 g/mol. The smallest absolute Gasteiger partial charge is 0.162 e. The Balaban J connectivity index is 1.76. The topological polar surface area (TPSA) is 61.8 Å². The SMILES string of the molecule is COc1cc2c(cc1OCCN(C)C)C(=Nc1ccc(F)c(Cl)c1)N(N1CCOCC1)CN2. The van der Waals surface area contributed by atoms with Crippen LogP contribution in [0.5, 0.6) is 11.5 Å². The van der Waals surface area contributed by atoms with Gasteiger partial charge in [0.05, 0.1) is 36.7 Å². The number of fused-ring (bicyclic) bond motifs is 1. The molecule has 0 aliphatic carbocycles. The molecule has 0 spiro atoms. The van der Waals surface area contributed by atoms with Crippen molar-refractivity contribution in [1.29, 1.82) is 0 Å². The van der Waals surface area contributed by atoms with E-state index < -0.39 is 5.82 Å². The molecule has 178 valence electrons. The highest BCUT2D eigenvalue weighted by molar-refractivity contribution is 6.31. The maximum absolute atomic E-state index is 13.7. The highest BCUT2D eigenvalue weighted by Gasteiger charge is 2.30. The lowest BCUT2D eigenvalue weighted by Gasteiger charge is -2.42. The Labute approximate surface area is 198 Å². The summed E-state index contributed by atoms with van der Waals surface area (Å²) in [6.45, 7) is 4.56. The molecule has 2 aromatic rings. The van der Waals surface area contributed by atoms with Gasteiger partial charge in [0.15, 0.2) is 17.3 Å². The monoisotopic (exact) mass is 477 g/mol. The van der Waals surface area contributed by atoms with Crippen molar-refractivity contribution >= 4 is 28.8 Å². The van der Waals surface area contributed by atoms with Gasteiger partial charge < -0.3 is 24.4 Å². The lowest BCUT2D eigenvalue weighted by Crippen LogP contribution is -2.55. The molecule has 4 rings (SSSR count). The highest BCUT2D eigenvalue weighted by atomic mass is 35.5. The summed E-state index contributed by atoms with van der Waals surface area (Å²) in [5.74, 6) is 1.52. The molecule has 0 saturated carbocycles. The zero-order valence-corrected chi connectivity index (χ0v) is 19.9. The molecule has 1 fully saturated rings. The van der Waals surface area contributed by atoms with Gasteiger partial charge in [0, 0.05) is 31.3 Å². The second kappa shape index (κ2) is 10.6. The van der Waals surface area contributed by atoms with Crippen LogP contribution in [0.1, 0.15) is 5.56 Å². The Hall–Kier alpha value is -2.59. The van der Waals surface area contributed by atoms with Crippen LogP contribution in [-0.4, -0.2) is 88.1 Å². The number of aliphatic imine (C=N–C) groups is 1. The zero-order valence-electron chi connectivity index (χ0n) is 19.1. The molecular formula is C23H29ClFN5O3. The van der Waals surface area contributed by atoms with Gasteiger partial charge in [-0.15, -0.1) is 0 Å². The molecule has 10 heteroatoms. The van der Waals surface area contributed by atoms with E-state index in [-0.39, 0.29) is 5.02 Å². The number of methoxy groups -OCH3 is 1. The van der Waals surface area contributed by atoms with E-state index in [1.165, 1.54) is 12.1 Å². The first-order chi connectivity index (χ1) is 16.0. The normalized spacial score (nSPS) is 17.8. The van der Waals surface area contributed by atoms with Crippen molar-refractivity contribution in [2.75, 3.05) is 72.6 Å². The molecule has 8 nitrogen and oxygen atoms in total. The van der Waals surface area contributed by atoms with E-state index in [1.807, 2.05) is 26.2 Å². The number of benzene rings is 2. The fourth-order valence-corrected chi connectivity index (χ4v) is 3.87. The van der Waals surface area contributed by atoms with Gasteiger partial charge in [-0.25, -0.2) is 14.4 Å². The third-order valence-corrected chi connectivity index (χ3v) is 5.76. The number of morpholine rings is 1. The Morgan fingerprint density at radius 3 is 2.67 bits per heavy atom. The molecule has 0 aromatic heterocycles. The predicted molar refractivity (Wildman–Crippen MR) is 127 cm³/mol. The number of nitrogens with one attached hydrogen (secondary N) is 1. The third kappa shape index (κ3) is 5.50. The highest BCUT2D eigenvalue weighted by Crippen LogP contribution is 2.37. The number of nitrogens with zero attached hydrogens (tertiary/aromatic N) is 4. The van der Waals surface area contributed by atoms with E-state index in [2.05, 4.69) is 20.2 Å². The molecule has 0 radical (unpaired) electrons. The van der Waals surface area contributed by atoms with Gasteiger partial charge in [-0.2, -0.15) is 0 Å². The summed E-state index contributed by atoms with van der Waals surface area (Å²) in [4.78, 5) is 6.94. The van der Waals surface area contributed by atoms with Crippen LogP contribution in [0.15, 0.2) is 35.3 Å². The Bertz CT molecular complexity index is 1010. The number of rotatable bonds is 7. The number of hydrogen-bond donors (Lipinski definition) is 1. The van der Waals surface area contributed by atoms with Crippen molar-refractivity contribution in [2.24, 2.45) is 4.99 Å². The molecular weight excluding hydrogens is 449 g/mol. The van der Waals surface area contributed by atoms with Gasteiger partial charge in [0.1, 0.15) is 19.1 Å². The van der Waals surface area contributed by atoms with Crippen molar-refractivity contribution in [3.63, 3.8) is 0 Å². The van der Waals surface area contributed by atoms with Gasteiger partial charge in [0.25, 0.3) is 0 Å². The van der Waals surface area contributed by atoms with Gasteiger partial charge in [-0.1, -0.05) is 11.6 Å². The van der Waals surface area contributed by atoms with Crippen molar-refractivity contribution in [1.82, 2.24) is 14.9 Å². The van der Waals surface area contributed by atoms with E-state index in [0.29, 0.717) is 49.5 Å². The predicted octanol–water partition coefficient (Wildman–Crippen LogP) is 3.44. The van der Waals surface area contributed by atoms with Gasteiger partial charge in [-0.3, -0.25) is 5.01 Å². The Kier molecular flexibility index (Phi) is 7.54. The Morgan fingerprint density at radius 2 is 1.97 bits per heavy atom. The molecule has 0 bridgehead atoms. The van der Waals surface area contributed by atoms with E-state index in [1.54, 1.807) is 13.2 Å². The van der Waals surface area contributed by atoms with Gasteiger partial charge in [-0.05, 0) is 38.4 Å². The van der Waals surface area contributed by atoms with E-state index in [9.17, 15) is 4.39 Å². The first-order valence-electron chi connectivity index (χ1n) is 10.8. The third-order valence-electron chi connectivity index (χ3n) is 5.47. The van der Waals surface area contributed by atoms with Crippen molar-refractivity contribution in [2.45, 2.75) is 0 Å². The second-order valence-electron chi connectivity index (χ2n) is 8.03. The molecule has 2 aromatic carbocycles. The summed E-state index contributed by atoms with van der Waals surface area (Å²) < 4.78 is 30.9. The van der Waals surface area contributed by atoms with Gasteiger partial charge in [0.2, 0.25) is 0 Å². The van der Waals surface area contributed by atoms with Crippen LogP contribution in [-0.2, 0) is 4.74 Å². The number of ether oxygens (including phenoxy) is 3. The number of amidine groups is 1. The molecule has 2 aliphatic heterocycles. The van der Waals surface area contributed by atoms with Crippen molar-refractivity contribution in [3.8, 4) is 11.5 Å². The molecule has 33 heavy (non-hydrogen) atoms. The number of likely N-dealkylation sites (N-methyl/N-ethyl adjacent to an activating group) is 1. The molecule has 2 aliphatic rings. The van der Waals surface area contributed by atoms with Crippen LogP contribution in [0.25, 0.3) is 0 Å². The van der Waals surface area contributed by atoms with Crippen molar-refractivity contribution < 1.29 is 18.6 Å². The minimum atomic E-state index is -0.474. The fraction of sp³-hybridized carbons (Fsp3) is 0.435. The van der Waals surface area contributed by atoms with Gasteiger partial charge >= 0.3 is 0 Å². The Morgan fingerprint density at radius 1 is 1.18 bits per heavy atom. The molecule has 2 heterocycles. The van der Waals surface area contributed by atoms with Crippen LogP contribution >= 0.6 is 11.6 Å². The van der Waals surface area contributed by atoms with Crippen LogP contribution in [0.4, 0.5) is 15.8 Å². The largest absolute Gasteiger partial charge is 0.493 e. The maximum Gasteiger partial charge on any atom is 0.162 e. The van der Waals surface area contributed by atoms with E-state index in [4.69, 9.17) is 30.8 Å². The average Bonchev–Trinajstić information content (AvgIpc) is 2.81. The van der Waals surface area contributed by atoms with Crippen LogP contribution in [0, 0.1) is 5.82 Å². The molecule has 0 amide bonds. The molecule has 0 atom stereocenters. The van der Waals surface area contributed by atoms with Crippen LogP contribution < -0.4 is 14.8 Å². The maximum atomic E-state index is 13.7. The summed E-state index contributed by atoms with van der Waals surface area (Å²) in [5, 5.41) is 7.77. The second-order valence-corrected chi connectivity index (χ2v) is 8.44. The minimum absolute atomic E-state index is 0.0337. The number of halogens is 2. The van der Waals surface area contributed by atoms with E-state index >= 15 is 0 Å². The standard InChI is InChI=1S/C23H29ClFN5O3/c1-28(2)6-11-33-22-13-17-20(14-21(22)31-3)26-15-30(29-7-9-32-10-8-29)23(17)27-16-4-5-19(25)18(24)12-16/h4-5,12-14,26H,6-11,15H2,1-3H3. The number of hydrazine groups is 1. The summed E-state index contributed by atoms with van der Waals surface area (Å²) in [7, 11) is 5.62. The minimum Gasteiger partial charge on any atom is -0.493 e. The fourth-order valence-electron chi connectivity index (χ4n) is 3.70. The van der Waals surface area contributed by atoms with E-state index in [0.717, 1.165) is 30.9 Å². The number of anilines is 1. The summed E-state index contributed by atoms with van der Waals surface area (Å²) in [6.07, 6.45) is 0. The number of hydrogen-bond acceptors (Lipinski definition) is 7. The summed E-state index contributed by atoms with van der Waals surface area (Å²) in [5.41, 5.74) is 2.30. The van der Waals surface area contributed by atoms with Crippen LogP contribution in [0.2, 0.25) is 5.02 Å². The quantitative estimate of drug-likeness (QED) is 0.655.